The predicted octanol–water partition coefficient (Wildman–Crippen LogP) is 1.13. The number of likely N-dealkylation sites (tertiary alicyclic amines) is 1. The first kappa shape index (κ1) is 11.2. The number of nitrogens with two attached hydrogens (primary N) is 1. The molecule has 3 N–H and O–H groups in total. The number of nitrogens with one attached hydrogen (secondary N) is 1. The van der Waals surface area contributed by atoms with E-state index in [0.717, 1.165) is 30.3 Å². The van der Waals surface area contributed by atoms with Crippen molar-refractivity contribution < 1.29 is 4.79 Å². The number of aromatic amines is 1. The molecule has 1 unspecified atom stereocenters. The average Bonchev–Trinajstić information content (AvgIpc) is 3.05. The van der Waals surface area contributed by atoms with E-state index < -0.39 is 0 Å². The third-order valence-electron chi connectivity index (χ3n) is 3.60. The molecule has 5 heteroatoms. The van der Waals surface area contributed by atoms with Crippen molar-refractivity contribution in [1.29, 1.82) is 0 Å². The minimum atomic E-state index is 0.0689. The van der Waals surface area contributed by atoms with Crippen LogP contribution in [0.5, 0.6) is 0 Å². The second-order valence-corrected chi connectivity index (χ2v) is 4.70. The highest BCUT2D eigenvalue weighted by molar-refractivity contribution is 5.98. The van der Waals surface area contributed by atoms with Gasteiger partial charge in [-0.1, -0.05) is 6.07 Å². The van der Waals surface area contributed by atoms with Gasteiger partial charge < -0.3 is 10.6 Å². The van der Waals surface area contributed by atoms with Crippen LogP contribution in [-0.4, -0.2) is 40.1 Å². The van der Waals surface area contributed by atoms with E-state index >= 15 is 0 Å². The van der Waals surface area contributed by atoms with E-state index in [0.29, 0.717) is 12.1 Å². The summed E-state index contributed by atoms with van der Waals surface area (Å²) in [5.74, 6) is 0.0689. The van der Waals surface area contributed by atoms with Gasteiger partial charge in [0.25, 0.3) is 5.91 Å². The first-order chi connectivity index (χ1) is 8.79. The van der Waals surface area contributed by atoms with Crippen LogP contribution < -0.4 is 5.73 Å². The monoisotopic (exact) mass is 244 g/mol. The van der Waals surface area contributed by atoms with Gasteiger partial charge in [-0.3, -0.25) is 9.89 Å². The van der Waals surface area contributed by atoms with E-state index in [2.05, 4.69) is 10.2 Å². The number of hydrogen-bond donors (Lipinski definition) is 2. The molecule has 1 aliphatic rings. The summed E-state index contributed by atoms with van der Waals surface area (Å²) >= 11 is 0. The molecule has 1 aromatic carbocycles. The van der Waals surface area contributed by atoms with Crippen LogP contribution >= 0.6 is 0 Å². The number of rotatable bonds is 2. The van der Waals surface area contributed by atoms with Gasteiger partial charge in [0.1, 0.15) is 0 Å². The van der Waals surface area contributed by atoms with Gasteiger partial charge in [0.15, 0.2) is 0 Å². The first-order valence-corrected chi connectivity index (χ1v) is 6.24. The smallest absolute Gasteiger partial charge is 0.254 e. The number of amides is 1. The molecule has 1 saturated heterocycles. The Balaban J connectivity index is 1.91. The maximum Gasteiger partial charge on any atom is 0.254 e. The second-order valence-electron chi connectivity index (χ2n) is 4.70. The van der Waals surface area contributed by atoms with Crippen molar-refractivity contribution in [2.45, 2.75) is 18.9 Å². The Morgan fingerprint density at radius 3 is 3.28 bits per heavy atom. The third-order valence-corrected chi connectivity index (χ3v) is 3.60. The summed E-state index contributed by atoms with van der Waals surface area (Å²) < 4.78 is 0. The molecule has 2 aromatic rings. The Morgan fingerprint density at radius 1 is 1.56 bits per heavy atom. The highest BCUT2D eigenvalue weighted by Crippen LogP contribution is 2.21. The van der Waals surface area contributed by atoms with E-state index in [1.165, 1.54) is 0 Å². The zero-order valence-corrected chi connectivity index (χ0v) is 10.1. The molecule has 2 heterocycles. The number of fused-ring (bicyclic) bond motifs is 1. The van der Waals surface area contributed by atoms with Crippen LogP contribution in [0.4, 0.5) is 0 Å². The molecule has 5 nitrogen and oxygen atoms in total. The molecule has 1 aliphatic heterocycles. The number of carbonyl (C=O) groups excluding carboxylic acids is 1. The van der Waals surface area contributed by atoms with Gasteiger partial charge in [-0.15, -0.1) is 0 Å². The highest BCUT2D eigenvalue weighted by atomic mass is 16.2. The molecular weight excluding hydrogens is 228 g/mol. The summed E-state index contributed by atoms with van der Waals surface area (Å²) in [6.07, 6.45) is 3.80. The summed E-state index contributed by atoms with van der Waals surface area (Å²) in [6.45, 7) is 1.35. The van der Waals surface area contributed by atoms with Gasteiger partial charge in [-0.25, -0.2) is 0 Å². The highest BCUT2D eigenvalue weighted by Gasteiger charge is 2.28. The predicted molar refractivity (Wildman–Crippen MR) is 69.2 cm³/mol. The Hall–Kier alpha value is -1.88. The normalized spacial score (nSPS) is 19.6. The summed E-state index contributed by atoms with van der Waals surface area (Å²) in [7, 11) is 0. The summed E-state index contributed by atoms with van der Waals surface area (Å²) in [5, 5.41) is 7.86. The minimum Gasteiger partial charge on any atom is -0.334 e. The second kappa shape index (κ2) is 4.42. The molecular formula is C13H16N4O. The molecule has 0 spiro atoms. The van der Waals surface area contributed by atoms with Gasteiger partial charge in [0.2, 0.25) is 0 Å². The van der Waals surface area contributed by atoms with Crippen molar-refractivity contribution in [1.82, 2.24) is 15.1 Å². The van der Waals surface area contributed by atoms with E-state index in [1.807, 2.05) is 23.1 Å². The van der Waals surface area contributed by atoms with Crippen LogP contribution in [0.1, 0.15) is 23.2 Å². The van der Waals surface area contributed by atoms with Crippen molar-refractivity contribution in [2.24, 2.45) is 5.73 Å². The molecule has 0 radical (unpaired) electrons. The molecule has 0 aliphatic carbocycles. The van der Waals surface area contributed by atoms with Crippen molar-refractivity contribution >= 4 is 16.8 Å². The van der Waals surface area contributed by atoms with Crippen LogP contribution in [-0.2, 0) is 0 Å². The molecule has 94 valence electrons. The number of carbonyl (C=O) groups is 1. The lowest BCUT2D eigenvalue weighted by Gasteiger charge is -2.23. The molecule has 1 fully saturated rings. The maximum absolute atomic E-state index is 12.4. The number of nitrogens with zero attached hydrogens (tertiary/aromatic N) is 2. The first-order valence-electron chi connectivity index (χ1n) is 6.24. The Labute approximate surface area is 105 Å². The lowest BCUT2D eigenvalue weighted by molar-refractivity contribution is 0.0741. The fourth-order valence-electron chi connectivity index (χ4n) is 2.58. The van der Waals surface area contributed by atoms with Gasteiger partial charge in [0.05, 0.1) is 11.7 Å². The Bertz CT molecular complexity index is 577. The summed E-state index contributed by atoms with van der Waals surface area (Å²) in [4.78, 5) is 14.3. The SMILES string of the molecule is NCC1CCCN1C(=O)c1ccc2cn[nH]c2c1. The van der Waals surface area contributed by atoms with Gasteiger partial charge in [-0.05, 0) is 25.0 Å². The lowest BCUT2D eigenvalue weighted by Crippen LogP contribution is -2.39. The minimum absolute atomic E-state index is 0.0689. The van der Waals surface area contributed by atoms with Crippen LogP contribution in [0.25, 0.3) is 10.9 Å². The zero-order valence-electron chi connectivity index (χ0n) is 10.1. The molecule has 18 heavy (non-hydrogen) atoms. The molecule has 0 saturated carbocycles. The van der Waals surface area contributed by atoms with Crippen molar-refractivity contribution in [3.05, 3.63) is 30.0 Å². The largest absolute Gasteiger partial charge is 0.334 e. The Morgan fingerprint density at radius 2 is 2.44 bits per heavy atom. The topological polar surface area (TPSA) is 75.0 Å². The fraction of sp³-hybridized carbons (Fsp3) is 0.385. The van der Waals surface area contributed by atoms with E-state index in [-0.39, 0.29) is 11.9 Å². The fourth-order valence-corrected chi connectivity index (χ4v) is 2.58. The van der Waals surface area contributed by atoms with Gasteiger partial charge in [0, 0.05) is 30.1 Å². The maximum atomic E-state index is 12.4. The third kappa shape index (κ3) is 1.76. The lowest BCUT2D eigenvalue weighted by atomic mass is 10.1. The average molecular weight is 244 g/mol. The van der Waals surface area contributed by atoms with Crippen molar-refractivity contribution in [3.63, 3.8) is 0 Å². The molecule has 0 bridgehead atoms. The van der Waals surface area contributed by atoms with E-state index in [4.69, 9.17) is 5.73 Å². The van der Waals surface area contributed by atoms with Crippen LogP contribution in [0.15, 0.2) is 24.4 Å². The van der Waals surface area contributed by atoms with Gasteiger partial charge in [-0.2, -0.15) is 5.10 Å². The standard InChI is InChI=1S/C13H16N4O/c14-7-11-2-1-5-17(11)13(18)9-3-4-10-8-15-16-12(10)6-9/h3-4,6,8,11H,1-2,5,7,14H2,(H,15,16). The van der Waals surface area contributed by atoms with Crippen molar-refractivity contribution in [2.75, 3.05) is 13.1 Å². The molecule has 1 aromatic heterocycles. The van der Waals surface area contributed by atoms with Crippen LogP contribution in [0.2, 0.25) is 0 Å². The molecule has 1 atom stereocenters. The van der Waals surface area contributed by atoms with Gasteiger partial charge >= 0.3 is 0 Å². The molecule has 1 amide bonds. The van der Waals surface area contributed by atoms with Crippen molar-refractivity contribution in [3.8, 4) is 0 Å². The summed E-state index contributed by atoms with van der Waals surface area (Å²) in [6, 6.07) is 5.82. The zero-order chi connectivity index (χ0) is 12.5. The molecule has 3 rings (SSSR count). The number of aromatic nitrogens is 2. The summed E-state index contributed by atoms with van der Waals surface area (Å²) in [5.41, 5.74) is 7.30. The van der Waals surface area contributed by atoms with E-state index in [1.54, 1.807) is 6.20 Å². The quantitative estimate of drug-likeness (QED) is 0.831. The van der Waals surface area contributed by atoms with E-state index in [9.17, 15) is 4.79 Å². The number of hydrogen-bond acceptors (Lipinski definition) is 3. The number of benzene rings is 1. The Kier molecular flexibility index (Phi) is 2.76. The van der Waals surface area contributed by atoms with Crippen LogP contribution in [0.3, 0.4) is 0 Å². The van der Waals surface area contributed by atoms with Crippen LogP contribution in [0, 0.1) is 0 Å². The number of H-pyrrole nitrogens is 1.